The van der Waals surface area contributed by atoms with Crippen molar-refractivity contribution in [1.82, 2.24) is 10.1 Å². The van der Waals surface area contributed by atoms with Gasteiger partial charge in [-0.1, -0.05) is 5.16 Å². The lowest BCUT2D eigenvalue weighted by molar-refractivity contribution is 0.0182. The molecule has 22 heavy (non-hydrogen) atoms. The van der Waals surface area contributed by atoms with Crippen molar-refractivity contribution >= 4 is 12.1 Å². The third kappa shape index (κ3) is 4.47. The average Bonchev–Trinajstić information content (AvgIpc) is 2.86. The zero-order valence-electron chi connectivity index (χ0n) is 13.2. The topological polar surface area (TPSA) is 92.9 Å². The zero-order valence-corrected chi connectivity index (χ0v) is 13.2. The second-order valence-corrected chi connectivity index (χ2v) is 6.60. The van der Waals surface area contributed by atoms with Crippen LogP contribution in [-0.2, 0) is 11.2 Å². The number of amides is 1. The van der Waals surface area contributed by atoms with Gasteiger partial charge in [0.05, 0.1) is 0 Å². The Morgan fingerprint density at radius 3 is 2.55 bits per heavy atom. The number of carbonyl (C=O) groups excluding carboxylic acids is 1. The van der Waals surface area contributed by atoms with Gasteiger partial charge in [0.1, 0.15) is 11.4 Å². The number of aromatic carboxylic acids is 1. The summed E-state index contributed by atoms with van der Waals surface area (Å²) in [5, 5.41) is 12.3. The number of hydrogen-bond acceptors (Lipinski definition) is 5. The Hall–Kier alpha value is -2.05. The standard InChI is InChI=1S/C15H22N2O5/c1-15(2,3)21-14(20)17-6-4-10(5-7-17)8-11-9-12(13(18)19)16-22-11/h9-10H,4-8H2,1-3H3,(H,18,19). The molecule has 1 saturated heterocycles. The quantitative estimate of drug-likeness (QED) is 0.922. The molecule has 0 unspecified atom stereocenters. The fourth-order valence-electron chi connectivity index (χ4n) is 2.44. The zero-order chi connectivity index (χ0) is 16.3. The molecule has 7 heteroatoms. The summed E-state index contributed by atoms with van der Waals surface area (Å²) in [6, 6.07) is 1.46. The smallest absolute Gasteiger partial charge is 0.410 e. The Morgan fingerprint density at radius 2 is 2.05 bits per heavy atom. The van der Waals surface area contributed by atoms with Crippen molar-refractivity contribution in [3.8, 4) is 0 Å². The predicted octanol–water partition coefficient (Wildman–Crippen LogP) is 2.56. The number of aromatic nitrogens is 1. The molecule has 7 nitrogen and oxygen atoms in total. The molecular formula is C15H22N2O5. The summed E-state index contributed by atoms with van der Waals surface area (Å²) in [5.41, 5.74) is -0.553. The van der Waals surface area contributed by atoms with E-state index in [0.717, 1.165) is 12.8 Å². The maximum atomic E-state index is 12.0. The van der Waals surface area contributed by atoms with Crippen molar-refractivity contribution in [3.63, 3.8) is 0 Å². The van der Waals surface area contributed by atoms with E-state index < -0.39 is 11.6 Å². The highest BCUT2D eigenvalue weighted by atomic mass is 16.6. The van der Waals surface area contributed by atoms with E-state index in [-0.39, 0.29) is 11.8 Å². The molecular weight excluding hydrogens is 288 g/mol. The van der Waals surface area contributed by atoms with Crippen LogP contribution in [0.1, 0.15) is 49.9 Å². The molecule has 1 aromatic rings. The molecule has 0 bridgehead atoms. The number of carboxylic acid groups (broad SMARTS) is 1. The second-order valence-electron chi connectivity index (χ2n) is 6.60. The Labute approximate surface area is 129 Å². The number of piperidine rings is 1. The van der Waals surface area contributed by atoms with Crippen molar-refractivity contribution in [2.24, 2.45) is 5.92 Å². The number of hydrogen-bond donors (Lipinski definition) is 1. The highest BCUT2D eigenvalue weighted by molar-refractivity contribution is 5.85. The largest absolute Gasteiger partial charge is 0.476 e. The highest BCUT2D eigenvalue weighted by Crippen LogP contribution is 2.23. The van der Waals surface area contributed by atoms with E-state index in [1.165, 1.54) is 6.07 Å². The fraction of sp³-hybridized carbons (Fsp3) is 0.667. The lowest BCUT2D eigenvalue weighted by Crippen LogP contribution is -2.42. The third-order valence-corrected chi connectivity index (χ3v) is 3.53. The van der Waals surface area contributed by atoms with Crippen LogP contribution in [0.15, 0.2) is 10.6 Å². The van der Waals surface area contributed by atoms with E-state index in [4.69, 9.17) is 14.4 Å². The number of carbonyl (C=O) groups is 2. The predicted molar refractivity (Wildman–Crippen MR) is 77.7 cm³/mol. The molecule has 0 spiro atoms. The van der Waals surface area contributed by atoms with Gasteiger partial charge < -0.3 is 19.3 Å². The lowest BCUT2D eigenvalue weighted by Gasteiger charge is -2.33. The van der Waals surface area contributed by atoms with Crippen LogP contribution in [0.5, 0.6) is 0 Å². The van der Waals surface area contributed by atoms with E-state index in [2.05, 4.69) is 5.16 Å². The molecule has 2 heterocycles. The average molecular weight is 310 g/mol. The number of rotatable bonds is 3. The monoisotopic (exact) mass is 310 g/mol. The summed E-state index contributed by atoms with van der Waals surface area (Å²) in [4.78, 5) is 24.4. The molecule has 1 aliphatic heterocycles. The summed E-state index contributed by atoms with van der Waals surface area (Å²) >= 11 is 0. The van der Waals surface area contributed by atoms with Gasteiger partial charge in [0.25, 0.3) is 0 Å². The van der Waals surface area contributed by atoms with Crippen molar-refractivity contribution in [3.05, 3.63) is 17.5 Å². The molecule has 1 aliphatic rings. The molecule has 0 radical (unpaired) electrons. The van der Waals surface area contributed by atoms with E-state index in [1.54, 1.807) is 4.90 Å². The molecule has 1 aromatic heterocycles. The van der Waals surface area contributed by atoms with Crippen LogP contribution >= 0.6 is 0 Å². The lowest BCUT2D eigenvalue weighted by atomic mass is 9.92. The minimum absolute atomic E-state index is 0.0683. The Kier molecular flexibility index (Phi) is 4.73. The molecule has 0 aliphatic carbocycles. The maximum Gasteiger partial charge on any atom is 0.410 e. The summed E-state index contributed by atoms with van der Waals surface area (Å²) in [5.74, 6) is -0.156. The Balaban J connectivity index is 1.81. The maximum absolute atomic E-state index is 12.0. The molecule has 122 valence electrons. The van der Waals surface area contributed by atoms with E-state index in [0.29, 0.717) is 31.2 Å². The summed E-state index contributed by atoms with van der Waals surface area (Å²) in [6.45, 7) is 6.82. The van der Waals surface area contributed by atoms with Gasteiger partial charge in [-0.2, -0.15) is 0 Å². The Bertz CT molecular complexity index is 538. The van der Waals surface area contributed by atoms with Gasteiger partial charge in [0.2, 0.25) is 0 Å². The van der Waals surface area contributed by atoms with Crippen LogP contribution < -0.4 is 0 Å². The molecule has 1 fully saturated rings. The first kappa shape index (κ1) is 16.3. The van der Waals surface area contributed by atoms with Gasteiger partial charge in [0.15, 0.2) is 5.69 Å². The summed E-state index contributed by atoms with van der Waals surface area (Å²) < 4.78 is 10.4. The first-order valence-corrected chi connectivity index (χ1v) is 7.41. The highest BCUT2D eigenvalue weighted by Gasteiger charge is 2.27. The van der Waals surface area contributed by atoms with Crippen LogP contribution in [0.4, 0.5) is 4.79 Å². The van der Waals surface area contributed by atoms with Crippen molar-refractivity contribution in [2.45, 2.75) is 45.6 Å². The summed E-state index contributed by atoms with van der Waals surface area (Å²) in [6.07, 6.45) is 2.03. The van der Waals surface area contributed by atoms with Crippen molar-refractivity contribution < 1.29 is 24.0 Å². The number of ether oxygens (including phenoxy) is 1. The normalized spacial score (nSPS) is 16.6. The van der Waals surface area contributed by atoms with Crippen LogP contribution in [0.25, 0.3) is 0 Å². The van der Waals surface area contributed by atoms with Crippen molar-refractivity contribution in [2.75, 3.05) is 13.1 Å². The number of nitrogens with zero attached hydrogens (tertiary/aromatic N) is 2. The second kappa shape index (κ2) is 6.37. The van der Waals surface area contributed by atoms with Gasteiger partial charge in [-0.3, -0.25) is 0 Å². The first-order chi connectivity index (χ1) is 10.2. The van der Waals surface area contributed by atoms with Gasteiger partial charge in [-0.05, 0) is 39.5 Å². The fourth-order valence-corrected chi connectivity index (χ4v) is 2.44. The van der Waals surface area contributed by atoms with E-state index in [9.17, 15) is 9.59 Å². The van der Waals surface area contributed by atoms with E-state index >= 15 is 0 Å². The SMILES string of the molecule is CC(C)(C)OC(=O)N1CCC(Cc2cc(C(=O)O)no2)CC1. The number of likely N-dealkylation sites (tertiary alicyclic amines) is 1. The van der Waals surface area contributed by atoms with Crippen LogP contribution in [-0.4, -0.2) is 45.9 Å². The van der Waals surface area contributed by atoms with Crippen LogP contribution in [0.3, 0.4) is 0 Å². The van der Waals surface area contributed by atoms with Gasteiger partial charge >= 0.3 is 12.1 Å². The third-order valence-electron chi connectivity index (χ3n) is 3.53. The molecule has 1 amide bonds. The van der Waals surface area contributed by atoms with Crippen LogP contribution in [0, 0.1) is 5.92 Å². The molecule has 1 N–H and O–H groups in total. The number of carboxylic acids is 1. The minimum atomic E-state index is -1.09. The van der Waals surface area contributed by atoms with Gasteiger partial charge in [-0.25, -0.2) is 9.59 Å². The molecule has 0 aromatic carbocycles. The van der Waals surface area contributed by atoms with Gasteiger partial charge in [-0.15, -0.1) is 0 Å². The summed E-state index contributed by atoms with van der Waals surface area (Å²) in [7, 11) is 0. The van der Waals surface area contributed by atoms with Crippen molar-refractivity contribution in [1.29, 1.82) is 0 Å². The minimum Gasteiger partial charge on any atom is -0.476 e. The molecule has 0 atom stereocenters. The van der Waals surface area contributed by atoms with Gasteiger partial charge in [0, 0.05) is 25.6 Å². The van der Waals surface area contributed by atoms with Crippen LogP contribution in [0.2, 0.25) is 0 Å². The van der Waals surface area contributed by atoms with E-state index in [1.807, 2.05) is 20.8 Å². The molecule has 2 rings (SSSR count). The molecule has 0 saturated carbocycles. The first-order valence-electron chi connectivity index (χ1n) is 7.41. The Morgan fingerprint density at radius 1 is 1.41 bits per heavy atom.